The van der Waals surface area contributed by atoms with Gasteiger partial charge in [0.1, 0.15) is 5.82 Å². The lowest BCUT2D eigenvalue weighted by molar-refractivity contribution is -0.127. The lowest BCUT2D eigenvalue weighted by Crippen LogP contribution is -2.32. The third kappa shape index (κ3) is 3.47. The largest absolute Gasteiger partial charge is 0.348 e. The minimum atomic E-state index is -0.436. The first-order valence-corrected chi connectivity index (χ1v) is 5.24. The van der Waals surface area contributed by atoms with Crippen LogP contribution < -0.4 is 5.32 Å². The van der Waals surface area contributed by atoms with Crippen LogP contribution in [0, 0.1) is 5.82 Å². The zero-order valence-electron chi connectivity index (χ0n) is 9.26. The Morgan fingerprint density at radius 1 is 1.50 bits per heavy atom. The zero-order chi connectivity index (χ0) is 12.1. The van der Waals surface area contributed by atoms with Crippen molar-refractivity contribution in [1.82, 2.24) is 10.2 Å². The molecule has 0 atom stereocenters. The zero-order valence-corrected chi connectivity index (χ0v) is 10.0. The summed E-state index contributed by atoms with van der Waals surface area (Å²) in [5.74, 6) is -0.489. The second-order valence-corrected chi connectivity index (χ2v) is 4.01. The minimum Gasteiger partial charge on any atom is -0.348 e. The summed E-state index contributed by atoms with van der Waals surface area (Å²) < 4.78 is 13.4. The van der Waals surface area contributed by atoms with Crippen LogP contribution in [0.3, 0.4) is 0 Å². The molecule has 0 saturated carbocycles. The molecule has 1 rings (SSSR count). The number of rotatable bonds is 4. The first-order chi connectivity index (χ1) is 7.52. The molecule has 0 aliphatic heterocycles. The number of hydrogen-bond donors (Lipinski definition) is 1. The van der Waals surface area contributed by atoms with Gasteiger partial charge in [-0.05, 0) is 6.07 Å². The van der Waals surface area contributed by atoms with Gasteiger partial charge in [-0.2, -0.15) is 0 Å². The van der Waals surface area contributed by atoms with Gasteiger partial charge < -0.3 is 10.2 Å². The van der Waals surface area contributed by atoms with Crippen molar-refractivity contribution in [3.8, 4) is 0 Å². The molecule has 0 aromatic heterocycles. The summed E-state index contributed by atoms with van der Waals surface area (Å²) >= 11 is 5.63. The normalized spacial score (nSPS) is 10.2. The van der Waals surface area contributed by atoms with Gasteiger partial charge >= 0.3 is 0 Å². The van der Waals surface area contributed by atoms with Crippen molar-refractivity contribution in [1.29, 1.82) is 0 Å². The van der Waals surface area contributed by atoms with Crippen LogP contribution >= 0.6 is 11.6 Å². The molecule has 0 fully saturated rings. The van der Waals surface area contributed by atoms with E-state index in [1.807, 2.05) is 0 Å². The molecule has 0 saturated heterocycles. The summed E-state index contributed by atoms with van der Waals surface area (Å²) in [6, 6.07) is 4.80. The predicted octanol–water partition coefficient (Wildman–Crippen LogP) is 1.66. The SMILES string of the molecule is CN(C)C(=O)CNCc1cccc(Cl)c1F. The highest BCUT2D eigenvalue weighted by Crippen LogP contribution is 2.17. The monoisotopic (exact) mass is 244 g/mol. The number of carbonyl (C=O) groups excluding carboxylic acids is 1. The van der Waals surface area contributed by atoms with E-state index < -0.39 is 5.82 Å². The van der Waals surface area contributed by atoms with Crippen molar-refractivity contribution >= 4 is 17.5 Å². The van der Waals surface area contributed by atoms with Crippen LogP contribution in [0.25, 0.3) is 0 Å². The fourth-order valence-corrected chi connectivity index (χ4v) is 1.34. The summed E-state index contributed by atoms with van der Waals surface area (Å²) in [6.45, 7) is 0.463. The van der Waals surface area contributed by atoms with Crippen molar-refractivity contribution in [2.75, 3.05) is 20.6 Å². The summed E-state index contributed by atoms with van der Waals surface area (Å²) in [6.07, 6.45) is 0. The van der Waals surface area contributed by atoms with Crippen LogP contribution in [-0.2, 0) is 11.3 Å². The van der Waals surface area contributed by atoms with Crippen LogP contribution in [-0.4, -0.2) is 31.4 Å². The maximum absolute atomic E-state index is 13.4. The van der Waals surface area contributed by atoms with E-state index in [2.05, 4.69) is 5.32 Å². The van der Waals surface area contributed by atoms with E-state index in [0.717, 1.165) is 0 Å². The average Bonchev–Trinajstić information content (AvgIpc) is 2.24. The molecule has 0 aliphatic carbocycles. The Balaban J connectivity index is 2.49. The predicted molar refractivity (Wildman–Crippen MR) is 61.8 cm³/mol. The van der Waals surface area contributed by atoms with Crippen molar-refractivity contribution in [2.45, 2.75) is 6.54 Å². The molecule has 88 valence electrons. The van der Waals surface area contributed by atoms with Gasteiger partial charge in [-0.15, -0.1) is 0 Å². The summed E-state index contributed by atoms with van der Waals surface area (Å²) in [5, 5.41) is 2.96. The van der Waals surface area contributed by atoms with Crippen LogP contribution in [0.4, 0.5) is 4.39 Å². The summed E-state index contributed by atoms with van der Waals surface area (Å²) in [5.41, 5.74) is 0.457. The Labute approximate surface area is 99.2 Å². The van der Waals surface area contributed by atoms with Gasteiger partial charge in [0.25, 0.3) is 0 Å². The molecule has 0 unspecified atom stereocenters. The van der Waals surface area contributed by atoms with Gasteiger partial charge in [-0.25, -0.2) is 4.39 Å². The lowest BCUT2D eigenvalue weighted by atomic mass is 10.2. The van der Waals surface area contributed by atoms with Crippen molar-refractivity contribution in [3.63, 3.8) is 0 Å². The molecular weight excluding hydrogens is 231 g/mol. The number of nitrogens with zero attached hydrogens (tertiary/aromatic N) is 1. The molecule has 0 aliphatic rings. The Kier molecular flexibility index (Phi) is 4.71. The van der Waals surface area contributed by atoms with Gasteiger partial charge in [0, 0.05) is 26.2 Å². The molecule has 1 aromatic carbocycles. The Morgan fingerprint density at radius 3 is 2.81 bits per heavy atom. The number of hydrogen-bond acceptors (Lipinski definition) is 2. The van der Waals surface area contributed by atoms with E-state index in [-0.39, 0.29) is 24.0 Å². The first kappa shape index (κ1) is 12.9. The lowest BCUT2D eigenvalue weighted by Gasteiger charge is -2.11. The average molecular weight is 245 g/mol. The first-order valence-electron chi connectivity index (χ1n) is 4.86. The standard InChI is InChI=1S/C11H14ClFN2O/c1-15(2)10(16)7-14-6-8-4-3-5-9(12)11(8)13/h3-5,14H,6-7H2,1-2H3. The highest BCUT2D eigenvalue weighted by atomic mass is 35.5. The van der Waals surface area contributed by atoms with E-state index in [1.54, 1.807) is 26.2 Å². The van der Waals surface area contributed by atoms with E-state index in [1.165, 1.54) is 11.0 Å². The molecule has 0 radical (unpaired) electrons. The molecule has 0 spiro atoms. The van der Waals surface area contributed by atoms with Crippen molar-refractivity contribution < 1.29 is 9.18 Å². The number of benzene rings is 1. The smallest absolute Gasteiger partial charge is 0.236 e. The molecule has 0 heterocycles. The summed E-state index contributed by atoms with van der Waals surface area (Å²) in [4.78, 5) is 12.7. The van der Waals surface area contributed by atoms with Gasteiger partial charge in [-0.1, -0.05) is 23.7 Å². The van der Waals surface area contributed by atoms with Crippen LogP contribution in [0.15, 0.2) is 18.2 Å². The molecule has 16 heavy (non-hydrogen) atoms. The maximum Gasteiger partial charge on any atom is 0.236 e. The van der Waals surface area contributed by atoms with Crippen LogP contribution in [0.5, 0.6) is 0 Å². The second-order valence-electron chi connectivity index (χ2n) is 3.60. The molecule has 5 heteroatoms. The second kappa shape index (κ2) is 5.82. The number of carbonyl (C=O) groups is 1. The maximum atomic E-state index is 13.4. The van der Waals surface area contributed by atoms with Gasteiger partial charge in [0.15, 0.2) is 0 Å². The van der Waals surface area contributed by atoms with E-state index in [4.69, 9.17) is 11.6 Å². The van der Waals surface area contributed by atoms with E-state index >= 15 is 0 Å². The molecule has 0 bridgehead atoms. The molecule has 1 aromatic rings. The Bertz CT molecular complexity index is 382. The summed E-state index contributed by atoms with van der Waals surface area (Å²) in [7, 11) is 3.34. The topological polar surface area (TPSA) is 32.3 Å². The third-order valence-electron chi connectivity index (χ3n) is 2.12. The number of halogens is 2. The fraction of sp³-hybridized carbons (Fsp3) is 0.364. The van der Waals surface area contributed by atoms with Gasteiger partial charge in [0.05, 0.1) is 11.6 Å². The molecule has 1 N–H and O–H groups in total. The Morgan fingerprint density at radius 2 is 2.19 bits per heavy atom. The van der Waals surface area contributed by atoms with Crippen LogP contribution in [0.1, 0.15) is 5.56 Å². The van der Waals surface area contributed by atoms with E-state index in [0.29, 0.717) is 5.56 Å². The van der Waals surface area contributed by atoms with E-state index in [9.17, 15) is 9.18 Å². The quantitative estimate of drug-likeness (QED) is 0.874. The minimum absolute atomic E-state index is 0.0533. The number of amides is 1. The van der Waals surface area contributed by atoms with Gasteiger partial charge in [0.2, 0.25) is 5.91 Å². The highest BCUT2D eigenvalue weighted by molar-refractivity contribution is 6.30. The van der Waals surface area contributed by atoms with Crippen molar-refractivity contribution in [3.05, 3.63) is 34.6 Å². The van der Waals surface area contributed by atoms with Gasteiger partial charge in [-0.3, -0.25) is 4.79 Å². The Hall–Kier alpha value is -1.13. The third-order valence-corrected chi connectivity index (χ3v) is 2.41. The molecule has 3 nitrogen and oxygen atoms in total. The molecular formula is C11H14ClFN2O. The van der Waals surface area contributed by atoms with Crippen LogP contribution in [0.2, 0.25) is 5.02 Å². The number of likely N-dealkylation sites (N-methyl/N-ethyl adjacent to an activating group) is 1. The number of nitrogens with one attached hydrogen (secondary N) is 1. The highest BCUT2D eigenvalue weighted by Gasteiger charge is 2.07. The van der Waals surface area contributed by atoms with Crippen molar-refractivity contribution in [2.24, 2.45) is 0 Å². The molecule has 1 amide bonds. The fourth-order valence-electron chi connectivity index (χ4n) is 1.15.